The van der Waals surface area contributed by atoms with E-state index in [-0.39, 0.29) is 42.8 Å². The number of carbonyl (C=O) groups excluding carboxylic acids is 5. The molecule has 0 bridgehead atoms. The van der Waals surface area contributed by atoms with Crippen LogP contribution in [0.2, 0.25) is 0 Å². The molecule has 362 valence electrons. The normalized spacial score (nSPS) is 39.3. The molecule has 18 nitrogen and oxygen atoms in total. The number of cyclic esters (lactones) is 1. The Bertz CT molecular complexity index is 1810. The Kier molecular flexibility index (Phi) is 17.9. The van der Waals surface area contributed by atoms with E-state index in [1.54, 1.807) is 48.5 Å². The lowest BCUT2D eigenvalue weighted by atomic mass is 9.76. The first kappa shape index (κ1) is 52.8. The average molecular weight is 908 g/mol. The van der Waals surface area contributed by atoms with Crippen molar-refractivity contribution in [2.24, 2.45) is 17.8 Å². The molecule has 0 radical (unpaired) electrons. The SMILES string of the molecule is CC[C@H]1OC(=O)[C@H](C)[C@@H](O[C@H]2C[C@@](C)(OC)[C@@H](OC(C)=O)[C@H](C)O2)[C@H](C)[C@@H](O[C@@H]2O[C@H](C)C[C@H](N(C)C)[C@H]2OC(C)=O)[C@@](C)(OC)C[C@@H](C)C(=O)C(C)=C[C@]1(C)OC(=O)n1ccnc1. The van der Waals surface area contributed by atoms with E-state index in [4.69, 9.17) is 47.4 Å². The summed E-state index contributed by atoms with van der Waals surface area (Å²) >= 11 is 0. The van der Waals surface area contributed by atoms with Crippen molar-refractivity contribution in [2.75, 3.05) is 28.3 Å². The highest BCUT2D eigenvalue weighted by atomic mass is 16.7. The zero-order valence-corrected chi connectivity index (χ0v) is 40.6. The summed E-state index contributed by atoms with van der Waals surface area (Å²) in [5.74, 6) is -4.59. The second-order valence-electron chi connectivity index (χ2n) is 18.7. The highest BCUT2D eigenvalue weighted by molar-refractivity contribution is 5.96. The molecule has 0 saturated carbocycles. The molecule has 3 aliphatic heterocycles. The molecule has 0 spiro atoms. The van der Waals surface area contributed by atoms with Gasteiger partial charge in [-0.2, -0.15) is 0 Å². The van der Waals surface area contributed by atoms with E-state index in [0.29, 0.717) is 6.42 Å². The molecular formula is C46H73N3O15. The maximum Gasteiger partial charge on any atom is 0.420 e. The van der Waals surface area contributed by atoms with E-state index in [1.807, 2.05) is 39.8 Å². The Balaban J connectivity index is 1.93. The minimum atomic E-state index is -1.63. The van der Waals surface area contributed by atoms with E-state index >= 15 is 0 Å². The number of imidazole rings is 1. The van der Waals surface area contributed by atoms with Gasteiger partial charge in [0.05, 0.1) is 42.0 Å². The van der Waals surface area contributed by atoms with Crippen LogP contribution in [-0.4, -0.2) is 151 Å². The number of likely N-dealkylation sites (N-methyl/N-ethyl adjacent to an activating group) is 1. The van der Waals surface area contributed by atoms with Crippen LogP contribution in [0.25, 0.3) is 0 Å². The van der Waals surface area contributed by atoms with Gasteiger partial charge >= 0.3 is 24.0 Å². The molecular weight excluding hydrogens is 835 g/mol. The van der Waals surface area contributed by atoms with Gasteiger partial charge in [0.1, 0.15) is 18.0 Å². The summed E-state index contributed by atoms with van der Waals surface area (Å²) in [6.07, 6.45) is -2.27. The molecule has 4 rings (SSSR count). The summed E-state index contributed by atoms with van der Waals surface area (Å²) in [6, 6.07) is -0.299. The van der Waals surface area contributed by atoms with Crippen molar-refractivity contribution in [1.82, 2.24) is 14.5 Å². The standard InChI is InChI=1S/C46H73N3O15/c1-17-34-44(10,64-43(54)49-19-18-47-24-49)21-25(2)36(52)26(3)22-45(11,55-15)39(63-42-38(59-31(8)50)33(48(13)14)20-27(4)57-42)28(5)37(29(6)41(53)61-34)62-35-23-46(12,56-16)40(30(7)58-35)60-32(9)51/h18-19,21,24,26-30,33-35,37-40,42H,17,20,22-23H2,1-16H3/t26-,27-,28+,29-,30+,33+,34-,35+,37+,38-,39-,40+,42+,44+,45+,46-/m1/s1. The molecule has 0 N–H and O–H groups in total. The number of esters is 3. The zero-order valence-electron chi connectivity index (χ0n) is 40.6. The van der Waals surface area contributed by atoms with Gasteiger partial charge in [-0.15, -0.1) is 0 Å². The van der Waals surface area contributed by atoms with E-state index < -0.39 is 108 Å². The van der Waals surface area contributed by atoms with Crippen LogP contribution in [0, 0.1) is 17.8 Å². The number of allylic oxidation sites excluding steroid dienone is 1. The maximum absolute atomic E-state index is 14.8. The fourth-order valence-corrected chi connectivity index (χ4v) is 9.64. The Hall–Kier alpha value is -3.78. The van der Waals surface area contributed by atoms with E-state index in [0.717, 1.165) is 4.57 Å². The predicted molar refractivity (Wildman–Crippen MR) is 231 cm³/mol. The first-order valence-corrected chi connectivity index (χ1v) is 22.2. The molecule has 1 aromatic rings. The Labute approximate surface area is 378 Å². The highest BCUT2D eigenvalue weighted by Gasteiger charge is 2.54. The first-order chi connectivity index (χ1) is 29.8. The summed E-state index contributed by atoms with van der Waals surface area (Å²) in [7, 11) is 6.80. The molecule has 0 aromatic carbocycles. The number of hydrogen-bond donors (Lipinski definition) is 0. The molecule has 3 aliphatic rings. The maximum atomic E-state index is 14.8. The lowest BCUT2D eigenvalue weighted by Gasteiger charge is -2.50. The van der Waals surface area contributed by atoms with Crippen molar-refractivity contribution < 1.29 is 71.3 Å². The van der Waals surface area contributed by atoms with Gasteiger partial charge in [-0.1, -0.05) is 20.8 Å². The van der Waals surface area contributed by atoms with Crippen LogP contribution in [0.1, 0.15) is 109 Å². The zero-order chi connectivity index (χ0) is 48.1. The summed E-state index contributed by atoms with van der Waals surface area (Å²) in [5.41, 5.74) is -3.75. The number of carbonyl (C=O) groups is 5. The van der Waals surface area contributed by atoms with Crippen LogP contribution >= 0.6 is 0 Å². The molecule has 18 heteroatoms. The Morgan fingerprint density at radius 3 is 2.06 bits per heavy atom. The van der Waals surface area contributed by atoms with Gasteiger partial charge in [-0.05, 0) is 93.5 Å². The van der Waals surface area contributed by atoms with Crippen LogP contribution in [0.3, 0.4) is 0 Å². The van der Waals surface area contributed by atoms with Gasteiger partial charge in [-0.3, -0.25) is 19.2 Å². The molecule has 64 heavy (non-hydrogen) atoms. The lowest BCUT2D eigenvalue weighted by molar-refractivity contribution is -0.320. The van der Waals surface area contributed by atoms with Gasteiger partial charge in [0.15, 0.2) is 36.2 Å². The number of Topliss-reactive ketones (excluding diaryl/α,β-unsaturated/α-hetero) is 1. The molecule has 0 unspecified atom stereocenters. The fourth-order valence-electron chi connectivity index (χ4n) is 9.64. The van der Waals surface area contributed by atoms with Crippen molar-refractivity contribution in [1.29, 1.82) is 0 Å². The Morgan fingerprint density at radius 1 is 0.891 bits per heavy atom. The average Bonchev–Trinajstić information content (AvgIpc) is 3.77. The molecule has 2 fully saturated rings. The van der Waals surface area contributed by atoms with Gasteiger partial charge < -0.3 is 52.3 Å². The summed E-state index contributed by atoms with van der Waals surface area (Å²) in [5, 5.41) is 0. The minimum Gasteiger partial charge on any atom is -0.457 e. The third kappa shape index (κ3) is 12.2. The number of methoxy groups -OCH3 is 2. The topological polar surface area (TPSA) is 199 Å². The van der Waals surface area contributed by atoms with Gasteiger partial charge in [0, 0.05) is 58.7 Å². The van der Waals surface area contributed by atoms with Crippen molar-refractivity contribution in [3.63, 3.8) is 0 Å². The van der Waals surface area contributed by atoms with Crippen LogP contribution in [-0.2, 0) is 66.5 Å². The monoisotopic (exact) mass is 908 g/mol. The van der Waals surface area contributed by atoms with Crippen LogP contribution in [0.5, 0.6) is 0 Å². The molecule has 1 aromatic heterocycles. The second kappa shape index (κ2) is 21.7. The number of nitrogens with zero attached hydrogens (tertiary/aromatic N) is 3. The number of hydrogen-bond acceptors (Lipinski definition) is 17. The molecule has 4 heterocycles. The van der Waals surface area contributed by atoms with Gasteiger partial charge in [-0.25, -0.2) is 14.3 Å². The summed E-state index contributed by atoms with van der Waals surface area (Å²) in [6.45, 7) is 20.2. The van der Waals surface area contributed by atoms with E-state index in [9.17, 15) is 24.0 Å². The summed E-state index contributed by atoms with van der Waals surface area (Å²) < 4.78 is 64.5. The third-order valence-electron chi connectivity index (χ3n) is 13.1. The Morgan fingerprint density at radius 2 is 1.52 bits per heavy atom. The van der Waals surface area contributed by atoms with Crippen molar-refractivity contribution in [3.8, 4) is 0 Å². The molecule has 0 amide bonds. The smallest absolute Gasteiger partial charge is 0.420 e. The number of ketones is 1. The number of rotatable bonds is 11. The van der Waals surface area contributed by atoms with E-state index in [1.165, 1.54) is 52.9 Å². The van der Waals surface area contributed by atoms with Gasteiger partial charge in [0.2, 0.25) is 0 Å². The van der Waals surface area contributed by atoms with E-state index in [2.05, 4.69) is 4.98 Å². The quantitative estimate of drug-likeness (QED) is 0.201. The predicted octanol–water partition coefficient (Wildman–Crippen LogP) is 5.42. The van der Waals surface area contributed by atoms with Gasteiger partial charge in [0.25, 0.3) is 0 Å². The third-order valence-corrected chi connectivity index (χ3v) is 13.1. The van der Waals surface area contributed by atoms with Crippen molar-refractivity contribution >= 4 is 29.8 Å². The molecule has 2 saturated heterocycles. The molecule has 0 aliphatic carbocycles. The number of ether oxygens (including phenoxy) is 10. The fraction of sp³-hybridized carbons (Fsp3) is 0.783. The van der Waals surface area contributed by atoms with Crippen LogP contribution in [0.15, 0.2) is 30.4 Å². The second-order valence-corrected chi connectivity index (χ2v) is 18.7. The first-order valence-electron chi connectivity index (χ1n) is 22.2. The number of aromatic nitrogens is 2. The largest absolute Gasteiger partial charge is 0.457 e. The van der Waals surface area contributed by atoms with Crippen LogP contribution in [0.4, 0.5) is 4.79 Å². The van der Waals surface area contributed by atoms with Crippen LogP contribution < -0.4 is 0 Å². The molecule has 16 atom stereocenters. The minimum absolute atomic E-state index is 0.0849. The van der Waals surface area contributed by atoms with Crippen molar-refractivity contribution in [2.45, 2.75) is 187 Å². The highest BCUT2D eigenvalue weighted by Crippen LogP contribution is 2.42. The van der Waals surface area contributed by atoms with Crippen molar-refractivity contribution in [3.05, 3.63) is 30.4 Å². The summed E-state index contributed by atoms with van der Waals surface area (Å²) in [4.78, 5) is 73.6. The lowest BCUT2D eigenvalue weighted by Crippen LogP contribution is -2.61.